The van der Waals surface area contributed by atoms with E-state index in [0.29, 0.717) is 35.3 Å². The summed E-state index contributed by atoms with van der Waals surface area (Å²) in [5.41, 5.74) is 1.42. The molecule has 1 aliphatic rings. The van der Waals surface area contributed by atoms with Crippen LogP contribution in [-0.4, -0.2) is 56.5 Å². The normalized spacial score (nSPS) is 14.9. The molecule has 0 radical (unpaired) electrons. The summed E-state index contributed by atoms with van der Waals surface area (Å²) in [5.74, 6) is 0.0897. The third kappa shape index (κ3) is 4.27. The number of aromatic nitrogens is 3. The van der Waals surface area contributed by atoms with E-state index < -0.39 is 0 Å². The van der Waals surface area contributed by atoms with Crippen molar-refractivity contribution in [3.05, 3.63) is 73.8 Å². The average Bonchev–Trinajstić information content (AvgIpc) is 3.45. The molecule has 4 heterocycles. The van der Waals surface area contributed by atoms with Gasteiger partial charge in [-0.15, -0.1) is 11.3 Å². The SMILES string of the molecule is O=C(c1cccs1)N1CCN(Cc2cc(=O)n3nc(-c4ccc(Cl)cc4)sc3n2)CC1. The van der Waals surface area contributed by atoms with Crippen molar-refractivity contribution < 1.29 is 4.79 Å². The van der Waals surface area contributed by atoms with Crippen molar-refractivity contribution in [1.29, 1.82) is 0 Å². The van der Waals surface area contributed by atoms with E-state index in [1.807, 2.05) is 34.5 Å². The van der Waals surface area contributed by atoms with Crippen LogP contribution in [0.25, 0.3) is 15.5 Å². The van der Waals surface area contributed by atoms with Gasteiger partial charge in [0, 0.05) is 49.4 Å². The van der Waals surface area contributed by atoms with Crippen LogP contribution in [0, 0.1) is 0 Å². The number of thiophene rings is 1. The van der Waals surface area contributed by atoms with Crippen LogP contribution in [0.2, 0.25) is 5.02 Å². The van der Waals surface area contributed by atoms with E-state index in [2.05, 4.69) is 15.0 Å². The maximum Gasteiger partial charge on any atom is 0.275 e. The van der Waals surface area contributed by atoms with Crippen LogP contribution in [-0.2, 0) is 6.54 Å². The Morgan fingerprint density at radius 1 is 1.10 bits per heavy atom. The van der Waals surface area contributed by atoms with E-state index in [9.17, 15) is 9.59 Å². The molecule has 0 spiro atoms. The van der Waals surface area contributed by atoms with Crippen molar-refractivity contribution in [2.24, 2.45) is 0 Å². The molecule has 1 aromatic carbocycles. The van der Waals surface area contributed by atoms with E-state index in [-0.39, 0.29) is 11.5 Å². The number of hydrogen-bond donors (Lipinski definition) is 0. The van der Waals surface area contributed by atoms with Crippen molar-refractivity contribution in [3.8, 4) is 10.6 Å². The summed E-state index contributed by atoms with van der Waals surface area (Å²) in [6.45, 7) is 3.40. The molecule has 0 atom stereocenters. The fraction of sp³-hybridized carbons (Fsp3) is 0.238. The molecule has 1 saturated heterocycles. The Balaban J connectivity index is 1.29. The highest BCUT2D eigenvalue weighted by Gasteiger charge is 2.23. The van der Waals surface area contributed by atoms with Gasteiger partial charge < -0.3 is 4.90 Å². The molecule has 1 aliphatic heterocycles. The number of rotatable bonds is 4. The summed E-state index contributed by atoms with van der Waals surface area (Å²) >= 11 is 8.80. The molecule has 0 N–H and O–H groups in total. The van der Waals surface area contributed by atoms with Crippen LogP contribution < -0.4 is 5.56 Å². The summed E-state index contributed by atoms with van der Waals surface area (Å²) < 4.78 is 1.34. The molecule has 1 fully saturated rings. The molecule has 10 heteroatoms. The van der Waals surface area contributed by atoms with Gasteiger partial charge in [0.15, 0.2) is 0 Å². The molecule has 4 aromatic rings. The molecular formula is C21H18ClN5O2S2. The van der Waals surface area contributed by atoms with Gasteiger partial charge in [-0.25, -0.2) is 4.98 Å². The topological polar surface area (TPSA) is 70.8 Å². The number of carbonyl (C=O) groups excluding carboxylic acids is 1. The highest BCUT2D eigenvalue weighted by molar-refractivity contribution is 7.19. The van der Waals surface area contributed by atoms with Gasteiger partial charge in [0.05, 0.1) is 10.6 Å². The summed E-state index contributed by atoms with van der Waals surface area (Å²) in [6, 6.07) is 12.7. The van der Waals surface area contributed by atoms with Gasteiger partial charge in [-0.05, 0) is 23.6 Å². The van der Waals surface area contributed by atoms with Gasteiger partial charge in [-0.1, -0.05) is 41.1 Å². The van der Waals surface area contributed by atoms with Crippen LogP contribution in [0.15, 0.2) is 52.6 Å². The first-order valence-corrected chi connectivity index (χ1v) is 11.8. The Hall–Kier alpha value is -2.59. The highest BCUT2D eigenvalue weighted by atomic mass is 35.5. The predicted octanol–water partition coefficient (Wildman–Crippen LogP) is 3.49. The molecule has 1 amide bonds. The van der Waals surface area contributed by atoms with Crippen molar-refractivity contribution in [2.45, 2.75) is 6.54 Å². The van der Waals surface area contributed by atoms with E-state index in [0.717, 1.165) is 28.5 Å². The van der Waals surface area contributed by atoms with Gasteiger partial charge in [-0.3, -0.25) is 14.5 Å². The summed E-state index contributed by atoms with van der Waals surface area (Å²) in [5, 5.41) is 7.71. The lowest BCUT2D eigenvalue weighted by Gasteiger charge is -2.34. The van der Waals surface area contributed by atoms with Crippen LogP contribution >= 0.6 is 34.3 Å². The Bertz CT molecular complexity index is 1280. The van der Waals surface area contributed by atoms with Crippen LogP contribution in [0.1, 0.15) is 15.4 Å². The number of fused-ring (bicyclic) bond motifs is 1. The van der Waals surface area contributed by atoms with E-state index in [1.54, 1.807) is 18.2 Å². The van der Waals surface area contributed by atoms with Crippen molar-refractivity contribution in [3.63, 3.8) is 0 Å². The fourth-order valence-corrected chi connectivity index (χ4v) is 5.29. The van der Waals surface area contributed by atoms with Crippen molar-refractivity contribution in [2.75, 3.05) is 26.2 Å². The largest absolute Gasteiger partial charge is 0.335 e. The molecule has 31 heavy (non-hydrogen) atoms. The second-order valence-corrected chi connectivity index (χ2v) is 9.58. The molecule has 0 aliphatic carbocycles. The van der Waals surface area contributed by atoms with Crippen LogP contribution in [0.5, 0.6) is 0 Å². The molecule has 5 rings (SSSR count). The van der Waals surface area contributed by atoms with Gasteiger partial charge in [0.1, 0.15) is 5.01 Å². The third-order valence-corrected chi connectivity index (χ3v) is 7.23. The van der Waals surface area contributed by atoms with Gasteiger partial charge in [0.2, 0.25) is 4.96 Å². The number of hydrogen-bond acceptors (Lipinski definition) is 7. The minimum absolute atomic E-state index is 0.0897. The molecule has 0 saturated carbocycles. The Morgan fingerprint density at radius 3 is 2.58 bits per heavy atom. The minimum Gasteiger partial charge on any atom is -0.335 e. The zero-order valence-electron chi connectivity index (χ0n) is 16.4. The van der Waals surface area contributed by atoms with Gasteiger partial charge >= 0.3 is 0 Å². The number of nitrogens with zero attached hydrogens (tertiary/aromatic N) is 5. The molecular weight excluding hydrogens is 454 g/mol. The van der Waals surface area contributed by atoms with Gasteiger partial charge in [0.25, 0.3) is 11.5 Å². The third-order valence-electron chi connectivity index (χ3n) is 5.17. The van der Waals surface area contributed by atoms with Crippen LogP contribution in [0.3, 0.4) is 0 Å². The number of carbonyl (C=O) groups is 1. The lowest BCUT2D eigenvalue weighted by molar-refractivity contribution is 0.0632. The standard InChI is InChI=1S/C21H18ClN5O2S2/c22-15-5-3-14(4-6-15)19-24-27-18(28)12-16(23-21(27)31-19)13-25-7-9-26(10-8-25)20(29)17-2-1-11-30-17/h1-6,11-12H,7-10,13H2. The zero-order chi connectivity index (χ0) is 21.4. The highest BCUT2D eigenvalue weighted by Crippen LogP contribution is 2.25. The predicted molar refractivity (Wildman–Crippen MR) is 123 cm³/mol. The second kappa shape index (κ2) is 8.51. The first kappa shape index (κ1) is 20.3. The first-order valence-electron chi connectivity index (χ1n) is 9.78. The van der Waals surface area contributed by atoms with Gasteiger partial charge in [-0.2, -0.15) is 9.61 Å². The molecule has 0 bridgehead atoms. The van der Waals surface area contributed by atoms with E-state index in [4.69, 9.17) is 11.6 Å². The summed E-state index contributed by atoms with van der Waals surface area (Å²) in [4.78, 5) is 35.2. The van der Waals surface area contributed by atoms with E-state index in [1.165, 1.54) is 27.2 Å². The lowest BCUT2D eigenvalue weighted by atomic mass is 10.2. The maximum atomic E-state index is 12.6. The maximum absolute atomic E-state index is 12.6. The lowest BCUT2D eigenvalue weighted by Crippen LogP contribution is -2.48. The number of piperazine rings is 1. The average molecular weight is 472 g/mol. The Kier molecular flexibility index (Phi) is 5.58. The number of benzene rings is 1. The second-order valence-electron chi connectivity index (χ2n) is 7.24. The monoisotopic (exact) mass is 471 g/mol. The fourth-order valence-electron chi connectivity index (χ4n) is 3.54. The quantitative estimate of drug-likeness (QED) is 0.455. The summed E-state index contributed by atoms with van der Waals surface area (Å²) in [6.07, 6.45) is 0. The van der Waals surface area contributed by atoms with Crippen molar-refractivity contribution >= 4 is 45.1 Å². The minimum atomic E-state index is -0.192. The van der Waals surface area contributed by atoms with Crippen molar-refractivity contribution in [1.82, 2.24) is 24.4 Å². The van der Waals surface area contributed by atoms with Crippen LogP contribution in [0.4, 0.5) is 0 Å². The molecule has 7 nitrogen and oxygen atoms in total. The smallest absolute Gasteiger partial charge is 0.275 e. The summed E-state index contributed by atoms with van der Waals surface area (Å²) in [7, 11) is 0. The Labute approximate surface area is 191 Å². The number of halogens is 1. The Morgan fingerprint density at radius 2 is 1.87 bits per heavy atom. The van der Waals surface area contributed by atoms with E-state index >= 15 is 0 Å². The molecule has 158 valence electrons. The first-order chi connectivity index (χ1) is 15.1. The number of amides is 1. The molecule has 0 unspecified atom stereocenters. The molecule has 3 aromatic heterocycles. The zero-order valence-corrected chi connectivity index (χ0v) is 18.8.